The summed E-state index contributed by atoms with van der Waals surface area (Å²) in [5.41, 5.74) is 1.14. The zero-order chi connectivity index (χ0) is 10.7. The van der Waals surface area contributed by atoms with E-state index in [2.05, 4.69) is 32.4 Å². The van der Waals surface area contributed by atoms with Gasteiger partial charge >= 0.3 is 0 Å². The van der Waals surface area contributed by atoms with Crippen molar-refractivity contribution in [1.29, 1.82) is 0 Å². The second-order valence-corrected chi connectivity index (χ2v) is 3.69. The molecule has 82 valence electrons. The molecule has 0 aliphatic carbocycles. The Kier molecular flexibility index (Phi) is 3.01. The van der Waals surface area contributed by atoms with Crippen molar-refractivity contribution in [3.05, 3.63) is 11.8 Å². The molecular formula is C10H17N5. The second kappa shape index (κ2) is 4.44. The average Bonchev–Trinajstić information content (AvgIpc) is 2.31. The van der Waals surface area contributed by atoms with Crippen LogP contribution in [0.2, 0.25) is 0 Å². The number of aryl methyl sites for hydroxylation is 1. The highest BCUT2D eigenvalue weighted by atomic mass is 15.3. The van der Waals surface area contributed by atoms with E-state index in [-0.39, 0.29) is 0 Å². The minimum atomic E-state index is 0.689. The summed E-state index contributed by atoms with van der Waals surface area (Å²) in [5.74, 6) is 1.74. The summed E-state index contributed by atoms with van der Waals surface area (Å²) in [4.78, 5) is 11.0. The van der Waals surface area contributed by atoms with Gasteiger partial charge in [-0.25, -0.2) is 4.98 Å². The van der Waals surface area contributed by atoms with E-state index in [1.807, 2.05) is 13.2 Å². The molecule has 1 saturated heterocycles. The molecular weight excluding hydrogens is 190 g/mol. The first-order chi connectivity index (χ1) is 7.31. The number of anilines is 2. The Morgan fingerprint density at radius 3 is 2.80 bits per heavy atom. The van der Waals surface area contributed by atoms with Gasteiger partial charge in [-0.3, -0.25) is 0 Å². The lowest BCUT2D eigenvalue weighted by Gasteiger charge is -2.29. The fourth-order valence-corrected chi connectivity index (χ4v) is 1.75. The van der Waals surface area contributed by atoms with Crippen molar-refractivity contribution < 1.29 is 0 Å². The van der Waals surface area contributed by atoms with Crippen LogP contribution in [0, 0.1) is 6.92 Å². The summed E-state index contributed by atoms with van der Waals surface area (Å²) in [5, 5.41) is 6.30. The average molecular weight is 207 g/mol. The fraction of sp³-hybridized carbons (Fsp3) is 0.600. The molecule has 0 aromatic carbocycles. The Hall–Kier alpha value is -1.36. The molecule has 2 rings (SSSR count). The van der Waals surface area contributed by atoms with Crippen molar-refractivity contribution in [2.24, 2.45) is 0 Å². The number of nitrogens with zero attached hydrogens (tertiary/aromatic N) is 3. The Bertz CT molecular complexity index is 333. The van der Waals surface area contributed by atoms with Crippen LogP contribution in [-0.4, -0.2) is 43.2 Å². The lowest BCUT2D eigenvalue weighted by Crippen LogP contribution is -2.44. The minimum Gasteiger partial charge on any atom is -0.357 e. The summed E-state index contributed by atoms with van der Waals surface area (Å²) in [6, 6.07) is 0. The SMILES string of the molecule is CNc1ncc(C)c(N2CCNCC2)n1. The van der Waals surface area contributed by atoms with Gasteiger partial charge in [-0.15, -0.1) is 0 Å². The molecule has 2 N–H and O–H groups in total. The number of rotatable bonds is 2. The van der Waals surface area contributed by atoms with Crippen LogP contribution in [0.1, 0.15) is 5.56 Å². The van der Waals surface area contributed by atoms with Gasteiger partial charge in [-0.05, 0) is 6.92 Å². The van der Waals surface area contributed by atoms with Crippen LogP contribution in [0.3, 0.4) is 0 Å². The molecule has 5 nitrogen and oxygen atoms in total. The molecule has 0 amide bonds. The van der Waals surface area contributed by atoms with Crippen molar-refractivity contribution in [3.63, 3.8) is 0 Å². The Labute approximate surface area is 89.9 Å². The van der Waals surface area contributed by atoms with Gasteiger partial charge in [0.2, 0.25) is 5.95 Å². The predicted octanol–water partition coefficient (Wildman–Crippen LogP) is 0.236. The normalized spacial score (nSPS) is 16.5. The molecule has 15 heavy (non-hydrogen) atoms. The quantitative estimate of drug-likeness (QED) is 0.727. The van der Waals surface area contributed by atoms with E-state index in [1.54, 1.807) is 0 Å². The van der Waals surface area contributed by atoms with E-state index in [1.165, 1.54) is 0 Å². The molecule has 0 bridgehead atoms. The molecule has 2 heterocycles. The van der Waals surface area contributed by atoms with Crippen molar-refractivity contribution >= 4 is 11.8 Å². The van der Waals surface area contributed by atoms with Gasteiger partial charge in [0.25, 0.3) is 0 Å². The van der Waals surface area contributed by atoms with E-state index < -0.39 is 0 Å². The van der Waals surface area contributed by atoms with Crippen LogP contribution >= 0.6 is 0 Å². The molecule has 0 radical (unpaired) electrons. The van der Waals surface area contributed by atoms with Crippen LogP contribution in [0.5, 0.6) is 0 Å². The molecule has 1 aliphatic rings. The summed E-state index contributed by atoms with van der Waals surface area (Å²) < 4.78 is 0. The zero-order valence-electron chi connectivity index (χ0n) is 9.25. The lowest BCUT2D eigenvalue weighted by atomic mass is 10.3. The number of hydrogen-bond acceptors (Lipinski definition) is 5. The monoisotopic (exact) mass is 207 g/mol. The maximum atomic E-state index is 4.49. The highest BCUT2D eigenvalue weighted by Crippen LogP contribution is 2.17. The molecule has 1 aromatic rings. The molecule has 0 spiro atoms. The molecule has 1 fully saturated rings. The lowest BCUT2D eigenvalue weighted by molar-refractivity contribution is 0.583. The molecule has 0 unspecified atom stereocenters. The first-order valence-electron chi connectivity index (χ1n) is 5.28. The molecule has 1 aliphatic heterocycles. The number of nitrogens with one attached hydrogen (secondary N) is 2. The van der Waals surface area contributed by atoms with E-state index in [0.29, 0.717) is 5.95 Å². The third-order valence-corrected chi connectivity index (χ3v) is 2.59. The van der Waals surface area contributed by atoms with E-state index in [4.69, 9.17) is 0 Å². The van der Waals surface area contributed by atoms with E-state index in [0.717, 1.165) is 37.6 Å². The topological polar surface area (TPSA) is 53.1 Å². The van der Waals surface area contributed by atoms with Crippen LogP contribution in [-0.2, 0) is 0 Å². The second-order valence-electron chi connectivity index (χ2n) is 3.69. The first kappa shape index (κ1) is 10.2. The molecule has 0 saturated carbocycles. The van der Waals surface area contributed by atoms with Gasteiger partial charge in [0.1, 0.15) is 5.82 Å². The number of aromatic nitrogens is 2. The van der Waals surface area contributed by atoms with Gasteiger partial charge < -0.3 is 15.5 Å². The first-order valence-corrected chi connectivity index (χ1v) is 5.28. The van der Waals surface area contributed by atoms with Gasteiger partial charge in [0.15, 0.2) is 0 Å². The van der Waals surface area contributed by atoms with Crippen molar-refractivity contribution in [1.82, 2.24) is 15.3 Å². The van der Waals surface area contributed by atoms with Crippen LogP contribution in [0.15, 0.2) is 6.20 Å². The van der Waals surface area contributed by atoms with Crippen molar-refractivity contribution in [2.75, 3.05) is 43.4 Å². The zero-order valence-corrected chi connectivity index (χ0v) is 9.25. The highest BCUT2D eigenvalue weighted by Gasteiger charge is 2.14. The van der Waals surface area contributed by atoms with Gasteiger partial charge in [-0.2, -0.15) is 4.98 Å². The Morgan fingerprint density at radius 1 is 1.40 bits per heavy atom. The van der Waals surface area contributed by atoms with Crippen LogP contribution < -0.4 is 15.5 Å². The fourth-order valence-electron chi connectivity index (χ4n) is 1.75. The van der Waals surface area contributed by atoms with Crippen LogP contribution in [0.4, 0.5) is 11.8 Å². The Balaban J connectivity index is 2.24. The van der Waals surface area contributed by atoms with E-state index >= 15 is 0 Å². The standard InChI is InChI=1S/C10H17N5/c1-8-7-13-10(11-2)14-9(8)15-5-3-12-4-6-15/h7,12H,3-6H2,1-2H3,(H,11,13,14). The predicted molar refractivity (Wildman–Crippen MR) is 61.4 cm³/mol. The maximum absolute atomic E-state index is 4.49. The van der Waals surface area contributed by atoms with Gasteiger partial charge in [0.05, 0.1) is 0 Å². The van der Waals surface area contributed by atoms with Gasteiger partial charge in [0, 0.05) is 45.0 Å². The minimum absolute atomic E-state index is 0.689. The summed E-state index contributed by atoms with van der Waals surface area (Å²) in [6.45, 7) is 6.13. The molecule has 0 atom stereocenters. The number of hydrogen-bond donors (Lipinski definition) is 2. The highest BCUT2D eigenvalue weighted by molar-refractivity contribution is 5.49. The van der Waals surface area contributed by atoms with Crippen molar-refractivity contribution in [2.45, 2.75) is 6.92 Å². The summed E-state index contributed by atoms with van der Waals surface area (Å²) in [6.07, 6.45) is 1.87. The molecule has 1 aromatic heterocycles. The summed E-state index contributed by atoms with van der Waals surface area (Å²) in [7, 11) is 1.84. The largest absolute Gasteiger partial charge is 0.357 e. The van der Waals surface area contributed by atoms with Gasteiger partial charge in [-0.1, -0.05) is 0 Å². The van der Waals surface area contributed by atoms with Crippen LogP contribution in [0.25, 0.3) is 0 Å². The molecule has 5 heteroatoms. The van der Waals surface area contributed by atoms with Crippen molar-refractivity contribution in [3.8, 4) is 0 Å². The maximum Gasteiger partial charge on any atom is 0.224 e. The summed E-state index contributed by atoms with van der Waals surface area (Å²) >= 11 is 0. The Morgan fingerprint density at radius 2 is 2.13 bits per heavy atom. The third kappa shape index (κ3) is 2.18. The smallest absolute Gasteiger partial charge is 0.224 e. The number of piperazine rings is 1. The van der Waals surface area contributed by atoms with E-state index in [9.17, 15) is 0 Å². The third-order valence-electron chi connectivity index (χ3n) is 2.59.